The second-order valence-electron chi connectivity index (χ2n) is 4.27. The fraction of sp³-hybridized carbons (Fsp3) is 0.333. The molecule has 1 aromatic heterocycles. The van der Waals surface area contributed by atoms with Gasteiger partial charge in [-0.1, -0.05) is 23.5 Å². The Morgan fingerprint density at radius 2 is 2.29 bits per heavy atom. The van der Waals surface area contributed by atoms with Crippen LogP contribution in [0.4, 0.5) is 9.52 Å². The molecule has 2 aromatic rings. The van der Waals surface area contributed by atoms with E-state index in [0.717, 1.165) is 22.1 Å². The van der Waals surface area contributed by atoms with Crippen LogP contribution in [0.15, 0.2) is 24.3 Å². The van der Waals surface area contributed by atoms with Crippen LogP contribution in [-0.2, 0) is 0 Å². The third-order valence-electron chi connectivity index (χ3n) is 2.90. The number of hydrogen-bond acceptors (Lipinski definition) is 4. The summed E-state index contributed by atoms with van der Waals surface area (Å²) in [7, 11) is 0. The van der Waals surface area contributed by atoms with Crippen molar-refractivity contribution in [3.8, 4) is 0 Å². The lowest BCUT2D eigenvalue weighted by molar-refractivity contribution is 0.625. The zero-order valence-electron chi connectivity index (χ0n) is 9.35. The maximum absolute atomic E-state index is 13.1. The average molecular weight is 249 g/mol. The number of hydrogen-bond donors (Lipinski definition) is 1. The number of nitrogens with one attached hydrogen (secondary N) is 1. The maximum atomic E-state index is 13.1. The van der Waals surface area contributed by atoms with Crippen molar-refractivity contribution in [2.75, 3.05) is 5.32 Å². The minimum atomic E-state index is -0.167. The molecule has 1 heterocycles. The highest BCUT2D eigenvalue weighted by Gasteiger charge is 2.39. The molecule has 0 amide bonds. The molecule has 1 aliphatic carbocycles. The minimum absolute atomic E-state index is 0.167. The Kier molecular flexibility index (Phi) is 2.55. The Labute approximate surface area is 103 Å². The summed E-state index contributed by atoms with van der Waals surface area (Å²) in [6, 6.07) is 7.18. The predicted octanol–water partition coefficient (Wildman–Crippen LogP) is 2.95. The van der Waals surface area contributed by atoms with Gasteiger partial charge in [-0.25, -0.2) is 4.39 Å². The van der Waals surface area contributed by atoms with Gasteiger partial charge in [-0.3, -0.25) is 0 Å². The van der Waals surface area contributed by atoms with Gasteiger partial charge in [-0.2, -0.15) is 0 Å². The highest BCUT2D eigenvalue weighted by molar-refractivity contribution is 7.15. The Bertz CT molecular complexity index is 540. The molecular formula is C12H12FN3S. The van der Waals surface area contributed by atoms with E-state index in [1.165, 1.54) is 6.07 Å². The van der Waals surface area contributed by atoms with Crippen molar-refractivity contribution in [3.05, 3.63) is 40.7 Å². The van der Waals surface area contributed by atoms with Crippen LogP contribution in [-0.4, -0.2) is 16.2 Å². The fourth-order valence-corrected chi connectivity index (χ4v) is 2.63. The molecule has 0 unspecified atom stereocenters. The molecule has 1 aliphatic rings. The van der Waals surface area contributed by atoms with Gasteiger partial charge in [0.25, 0.3) is 0 Å². The van der Waals surface area contributed by atoms with Crippen LogP contribution in [0, 0.1) is 12.7 Å². The number of rotatable bonds is 3. The first kappa shape index (κ1) is 10.7. The smallest absolute Gasteiger partial charge is 0.205 e. The first-order valence-electron chi connectivity index (χ1n) is 5.54. The Hall–Kier alpha value is -1.49. The molecular weight excluding hydrogens is 237 g/mol. The van der Waals surface area contributed by atoms with Gasteiger partial charge in [0.2, 0.25) is 5.13 Å². The van der Waals surface area contributed by atoms with E-state index in [1.54, 1.807) is 23.5 Å². The molecule has 3 nitrogen and oxygen atoms in total. The normalized spacial score (nSPS) is 22.5. The summed E-state index contributed by atoms with van der Waals surface area (Å²) in [6.45, 7) is 1.93. The lowest BCUT2D eigenvalue weighted by Gasteiger charge is -2.01. The summed E-state index contributed by atoms with van der Waals surface area (Å²) in [5.41, 5.74) is 1.06. The van der Waals surface area contributed by atoms with E-state index in [4.69, 9.17) is 0 Å². The maximum Gasteiger partial charge on any atom is 0.205 e. The molecule has 17 heavy (non-hydrogen) atoms. The van der Waals surface area contributed by atoms with Crippen LogP contribution in [0.5, 0.6) is 0 Å². The Morgan fingerprint density at radius 1 is 1.41 bits per heavy atom. The number of halogens is 1. The zero-order chi connectivity index (χ0) is 11.8. The summed E-state index contributed by atoms with van der Waals surface area (Å²) in [6.07, 6.45) is 1.03. The van der Waals surface area contributed by atoms with Crippen molar-refractivity contribution in [1.29, 1.82) is 0 Å². The highest BCUT2D eigenvalue weighted by atomic mass is 32.1. The molecule has 1 fully saturated rings. The molecule has 1 N–H and O–H groups in total. The lowest BCUT2D eigenvalue weighted by atomic mass is 10.1. The minimum Gasteiger partial charge on any atom is -0.357 e. The van der Waals surface area contributed by atoms with Crippen LogP contribution in [0.2, 0.25) is 0 Å². The summed E-state index contributed by atoms with van der Waals surface area (Å²) in [4.78, 5) is 0. The van der Waals surface area contributed by atoms with Crippen molar-refractivity contribution in [2.24, 2.45) is 0 Å². The van der Waals surface area contributed by atoms with Gasteiger partial charge in [0, 0.05) is 12.0 Å². The molecule has 0 radical (unpaired) electrons. The predicted molar refractivity (Wildman–Crippen MR) is 65.8 cm³/mol. The summed E-state index contributed by atoms with van der Waals surface area (Å²) in [5, 5.41) is 13.1. The van der Waals surface area contributed by atoms with E-state index in [0.29, 0.717) is 12.0 Å². The van der Waals surface area contributed by atoms with E-state index >= 15 is 0 Å². The SMILES string of the molecule is Cc1nnc(N[C@@H]2C[C@H]2c2cccc(F)c2)s1. The largest absolute Gasteiger partial charge is 0.357 e. The van der Waals surface area contributed by atoms with Crippen molar-refractivity contribution in [2.45, 2.75) is 25.3 Å². The fourth-order valence-electron chi connectivity index (χ4n) is 1.97. The zero-order valence-corrected chi connectivity index (χ0v) is 10.2. The second kappa shape index (κ2) is 4.07. The van der Waals surface area contributed by atoms with Gasteiger partial charge >= 0.3 is 0 Å². The molecule has 88 valence electrons. The third-order valence-corrected chi connectivity index (χ3v) is 3.67. The van der Waals surface area contributed by atoms with E-state index < -0.39 is 0 Å². The quantitative estimate of drug-likeness (QED) is 0.908. The van der Waals surface area contributed by atoms with E-state index in [-0.39, 0.29) is 5.82 Å². The molecule has 0 saturated heterocycles. The standard InChI is InChI=1S/C12H12FN3S/c1-7-15-16-12(17-7)14-11-6-10(11)8-3-2-4-9(13)5-8/h2-5,10-11H,6H2,1H3,(H,14,16)/t10-,11+/m0/s1. The van der Waals surface area contributed by atoms with E-state index in [1.807, 2.05) is 13.0 Å². The Balaban J connectivity index is 1.67. The van der Waals surface area contributed by atoms with Crippen molar-refractivity contribution >= 4 is 16.5 Å². The second-order valence-corrected chi connectivity index (χ2v) is 5.46. The molecule has 5 heteroatoms. The van der Waals surface area contributed by atoms with Crippen molar-refractivity contribution in [1.82, 2.24) is 10.2 Å². The van der Waals surface area contributed by atoms with Crippen molar-refractivity contribution < 1.29 is 4.39 Å². The van der Waals surface area contributed by atoms with Gasteiger partial charge in [0.15, 0.2) is 0 Å². The van der Waals surface area contributed by atoms with Gasteiger partial charge in [0.05, 0.1) is 0 Å². The van der Waals surface area contributed by atoms with E-state index in [9.17, 15) is 4.39 Å². The van der Waals surface area contributed by atoms with Gasteiger partial charge in [-0.15, -0.1) is 10.2 Å². The molecule has 3 rings (SSSR count). The molecule has 0 aliphatic heterocycles. The molecule has 1 aromatic carbocycles. The van der Waals surface area contributed by atoms with Crippen LogP contribution < -0.4 is 5.32 Å². The number of benzene rings is 1. The van der Waals surface area contributed by atoms with Crippen LogP contribution >= 0.6 is 11.3 Å². The third kappa shape index (κ3) is 2.29. The van der Waals surface area contributed by atoms with Gasteiger partial charge in [0.1, 0.15) is 10.8 Å². The van der Waals surface area contributed by atoms with Crippen molar-refractivity contribution in [3.63, 3.8) is 0 Å². The topological polar surface area (TPSA) is 37.8 Å². The summed E-state index contributed by atoms with van der Waals surface area (Å²) in [5.74, 6) is 0.231. The number of anilines is 1. The average Bonchev–Trinajstić information content (AvgIpc) is 2.94. The summed E-state index contributed by atoms with van der Waals surface area (Å²) >= 11 is 1.55. The molecule has 2 atom stereocenters. The first-order valence-corrected chi connectivity index (χ1v) is 6.36. The first-order chi connectivity index (χ1) is 8.22. The summed E-state index contributed by atoms with van der Waals surface area (Å²) < 4.78 is 13.1. The van der Waals surface area contributed by atoms with E-state index in [2.05, 4.69) is 15.5 Å². The molecule has 0 bridgehead atoms. The monoisotopic (exact) mass is 249 g/mol. The molecule has 0 spiro atoms. The van der Waals surface area contributed by atoms with Crippen LogP contribution in [0.3, 0.4) is 0 Å². The van der Waals surface area contributed by atoms with Gasteiger partial charge in [-0.05, 0) is 31.0 Å². The number of aryl methyl sites for hydroxylation is 1. The molecule has 1 saturated carbocycles. The highest BCUT2D eigenvalue weighted by Crippen LogP contribution is 2.43. The van der Waals surface area contributed by atoms with Gasteiger partial charge < -0.3 is 5.32 Å². The number of aromatic nitrogens is 2. The lowest BCUT2D eigenvalue weighted by Crippen LogP contribution is -2.03. The van der Waals surface area contributed by atoms with Crippen LogP contribution in [0.25, 0.3) is 0 Å². The Morgan fingerprint density at radius 3 is 3.00 bits per heavy atom. The number of nitrogens with zero attached hydrogens (tertiary/aromatic N) is 2. The van der Waals surface area contributed by atoms with Crippen LogP contribution in [0.1, 0.15) is 22.9 Å².